The Kier molecular flexibility index (Phi) is 81.6. The van der Waals surface area contributed by atoms with Crippen LogP contribution in [0.2, 0.25) is 0 Å². The van der Waals surface area contributed by atoms with Crippen molar-refractivity contribution in [2.45, 2.75) is 198 Å². The smallest absolute Gasteiger partial charge is 0.154 e. The molecule has 2 aliphatic rings. The van der Waals surface area contributed by atoms with Crippen LogP contribution in [0.1, 0.15) is 187 Å². The number of aryl methyl sites for hydroxylation is 4. The highest BCUT2D eigenvalue weighted by atomic mass is 16.7. The summed E-state index contributed by atoms with van der Waals surface area (Å²) in [5.41, 5.74) is 3.77. The third-order valence-electron chi connectivity index (χ3n) is 5.66. The molecule has 1 aromatic heterocycles. The maximum absolute atomic E-state index is 5.17. The van der Waals surface area contributed by atoms with Crippen molar-refractivity contribution in [3.05, 3.63) is 59.2 Å². The Morgan fingerprint density at radius 2 is 0.667 bits per heavy atom. The second-order valence-corrected chi connectivity index (χ2v) is 9.67. The van der Waals surface area contributed by atoms with Gasteiger partial charge in [-0.2, -0.15) is 0 Å². The second-order valence-electron chi connectivity index (χ2n) is 9.67. The Morgan fingerprint density at radius 3 is 0.875 bits per heavy atom. The lowest BCUT2D eigenvalue weighted by atomic mass is 9.84. The number of hydrogen-bond donors (Lipinski definition) is 0. The average molecular weight is 683 g/mol. The molecule has 292 valence electrons. The van der Waals surface area contributed by atoms with E-state index in [4.69, 9.17) is 9.47 Å². The van der Waals surface area contributed by atoms with E-state index in [0.717, 1.165) is 36.4 Å². The largest absolute Gasteiger partial charge is 0.353 e. The monoisotopic (exact) mass is 683 g/mol. The van der Waals surface area contributed by atoms with E-state index in [9.17, 15) is 0 Å². The Balaban J connectivity index is -0.0000000649. The van der Waals surface area contributed by atoms with E-state index in [0.29, 0.717) is 5.92 Å². The van der Waals surface area contributed by atoms with E-state index in [-0.39, 0.29) is 6.29 Å². The first-order valence-corrected chi connectivity index (χ1v) is 20.2. The van der Waals surface area contributed by atoms with Crippen LogP contribution in [-0.4, -0.2) is 29.5 Å². The lowest BCUT2D eigenvalue weighted by molar-refractivity contribution is -0.187. The SMILES string of the molecule is CC.CC.CC.CC.CC.CC.CC.CC.CC1CCC(C)CC1.CC1COC(C)OC1.Cc1ccc(C)cc1.Cc1cnc(C)nc1. The van der Waals surface area contributed by atoms with Crippen LogP contribution in [-0.2, 0) is 9.47 Å². The Hall–Kier alpha value is -1.78. The average Bonchev–Trinajstić information content (AvgIpc) is 3.17. The first-order chi connectivity index (χ1) is 23.2. The van der Waals surface area contributed by atoms with Crippen LogP contribution in [0, 0.1) is 45.4 Å². The van der Waals surface area contributed by atoms with Crippen LogP contribution in [0.25, 0.3) is 0 Å². The van der Waals surface area contributed by atoms with Crippen LogP contribution in [0.3, 0.4) is 0 Å². The summed E-state index contributed by atoms with van der Waals surface area (Å²) in [4.78, 5) is 7.94. The van der Waals surface area contributed by atoms with Crippen molar-refractivity contribution in [3.8, 4) is 0 Å². The van der Waals surface area contributed by atoms with Gasteiger partial charge in [-0.1, -0.05) is 193 Å². The first kappa shape index (κ1) is 64.7. The number of rotatable bonds is 0. The first-order valence-electron chi connectivity index (χ1n) is 20.2. The van der Waals surface area contributed by atoms with Crippen molar-refractivity contribution >= 4 is 0 Å². The number of benzene rings is 1. The minimum Gasteiger partial charge on any atom is -0.353 e. The summed E-state index contributed by atoms with van der Waals surface area (Å²) < 4.78 is 10.3. The molecular formula is C44H94N2O2. The van der Waals surface area contributed by atoms with Crippen molar-refractivity contribution in [1.82, 2.24) is 9.97 Å². The fraction of sp³-hybridized carbons (Fsp3) is 0.773. The summed E-state index contributed by atoms with van der Waals surface area (Å²) in [5, 5.41) is 0. The van der Waals surface area contributed by atoms with Crippen molar-refractivity contribution in [1.29, 1.82) is 0 Å². The van der Waals surface area contributed by atoms with Gasteiger partial charge in [0, 0.05) is 18.3 Å². The second kappa shape index (κ2) is 60.5. The van der Waals surface area contributed by atoms with Crippen LogP contribution in [0.4, 0.5) is 0 Å². The summed E-state index contributed by atoms with van der Waals surface area (Å²) in [7, 11) is 0. The molecule has 2 fully saturated rings. The van der Waals surface area contributed by atoms with Gasteiger partial charge in [-0.25, -0.2) is 9.97 Å². The predicted octanol–water partition coefficient (Wildman–Crippen LogP) is 15.5. The number of nitrogens with zero attached hydrogens (tertiary/aromatic N) is 2. The molecule has 0 radical (unpaired) electrons. The fourth-order valence-electron chi connectivity index (χ4n) is 3.22. The quantitative estimate of drug-likeness (QED) is 0.277. The van der Waals surface area contributed by atoms with Crippen LogP contribution >= 0.6 is 0 Å². The summed E-state index contributed by atoms with van der Waals surface area (Å²) in [6, 6.07) is 8.48. The van der Waals surface area contributed by atoms with E-state index >= 15 is 0 Å². The zero-order valence-electron chi connectivity index (χ0n) is 37.7. The van der Waals surface area contributed by atoms with Gasteiger partial charge < -0.3 is 9.47 Å². The van der Waals surface area contributed by atoms with E-state index in [1.54, 1.807) is 0 Å². The van der Waals surface area contributed by atoms with Crippen LogP contribution in [0.15, 0.2) is 36.7 Å². The zero-order chi connectivity index (χ0) is 39.9. The van der Waals surface area contributed by atoms with E-state index in [2.05, 4.69) is 68.9 Å². The fourth-order valence-corrected chi connectivity index (χ4v) is 3.22. The lowest BCUT2D eigenvalue weighted by Crippen LogP contribution is -2.27. The molecule has 4 heteroatoms. The molecule has 1 saturated heterocycles. The van der Waals surface area contributed by atoms with Crippen molar-refractivity contribution in [3.63, 3.8) is 0 Å². The third kappa shape index (κ3) is 56.5. The van der Waals surface area contributed by atoms with Crippen molar-refractivity contribution < 1.29 is 9.47 Å². The minimum atomic E-state index is 0.0196. The van der Waals surface area contributed by atoms with Crippen LogP contribution in [0.5, 0.6) is 0 Å². The van der Waals surface area contributed by atoms with Crippen molar-refractivity contribution in [2.75, 3.05) is 13.2 Å². The molecular weight excluding hydrogens is 588 g/mol. The van der Waals surface area contributed by atoms with Gasteiger partial charge in [0.1, 0.15) is 5.82 Å². The van der Waals surface area contributed by atoms with Gasteiger partial charge in [-0.05, 0) is 52.0 Å². The molecule has 48 heavy (non-hydrogen) atoms. The summed E-state index contributed by atoms with van der Waals surface area (Å²) >= 11 is 0. The number of hydrogen-bond acceptors (Lipinski definition) is 4. The molecule has 2 heterocycles. The normalized spacial score (nSPS) is 17.3. The van der Waals surface area contributed by atoms with Gasteiger partial charge >= 0.3 is 0 Å². The third-order valence-corrected chi connectivity index (χ3v) is 5.66. The molecule has 0 atom stereocenters. The molecule has 1 saturated carbocycles. The molecule has 1 aliphatic heterocycles. The molecule has 4 nitrogen and oxygen atoms in total. The highest BCUT2D eigenvalue weighted by Crippen LogP contribution is 2.27. The molecule has 1 aromatic carbocycles. The van der Waals surface area contributed by atoms with Gasteiger partial charge in [0.2, 0.25) is 0 Å². The van der Waals surface area contributed by atoms with Gasteiger partial charge in [0.15, 0.2) is 6.29 Å². The number of ether oxygens (including phenoxy) is 2. The maximum atomic E-state index is 5.17. The molecule has 0 unspecified atom stereocenters. The highest BCUT2D eigenvalue weighted by Gasteiger charge is 2.14. The Bertz CT molecular complexity index is 576. The molecule has 0 N–H and O–H groups in total. The van der Waals surface area contributed by atoms with Gasteiger partial charge in [-0.3, -0.25) is 0 Å². The molecule has 4 rings (SSSR count). The summed E-state index contributed by atoms with van der Waals surface area (Å²) in [6.07, 6.45) is 9.53. The van der Waals surface area contributed by atoms with E-state index in [1.165, 1.54) is 36.8 Å². The summed E-state index contributed by atoms with van der Waals surface area (Å²) in [6.45, 7) is 50.5. The molecule has 0 spiro atoms. The van der Waals surface area contributed by atoms with Gasteiger partial charge in [-0.15, -0.1) is 0 Å². The Labute approximate surface area is 307 Å². The van der Waals surface area contributed by atoms with Crippen LogP contribution < -0.4 is 0 Å². The minimum absolute atomic E-state index is 0.0196. The number of aromatic nitrogens is 2. The van der Waals surface area contributed by atoms with Gasteiger partial charge in [0.25, 0.3) is 0 Å². The summed E-state index contributed by atoms with van der Waals surface area (Å²) in [5.74, 6) is 3.44. The highest BCUT2D eigenvalue weighted by molar-refractivity contribution is 5.19. The lowest BCUT2D eigenvalue weighted by Gasteiger charge is -2.24. The van der Waals surface area contributed by atoms with E-state index in [1.807, 2.05) is 144 Å². The topological polar surface area (TPSA) is 44.2 Å². The standard InChI is InChI=1S/C8H16.C8H10.C6H8N2.C6H12O2.8C2H6/c2*1-7-3-5-8(2)6-4-7;2*1-5-3-7-6(2)8-4-5;8*1-2/h7-8H,3-6H2,1-2H3;3-6H,1-2H3;3-4H,1-2H3;5-6H,3-4H2,1-2H3;8*1-2H3. The molecule has 1 aliphatic carbocycles. The molecule has 0 bridgehead atoms. The predicted molar refractivity (Wildman–Crippen MR) is 226 cm³/mol. The van der Waals surface area contributed by atoms with Gasteiger partial charge in [0.05, 0.1) is 13.2 Å². The molecule has 0 amide bonds. The zero-order valence-corrected chi connectivity index (χ0v) is 37.7. The van der Waals surface area contributed by atoms with Crippen molar-refractivity contribution in [2.24, 2.45) is 17.8 Å². The molecule has 2 aromatic rings. The Morgan fingerprint density at radius 1 is 0.417 bits per heavy atom. The van der Waals surface area contributed by atoms with E-state index < -0.39 is 0 Å². The maximum Gasteiger partial charge on any atom is 0.154 e.